The van der Waals surface area contributed by atoms with E-state index in [1.807, 2.05) is 6.92 Å². The van der Waals surface area contributed by atoms with Crippen LogP contribution in [0.25, 0.3) is 0 Å². The van der Waals surface area contributed by atoms with Crippen LogP contribution in [0.2, 0.25) is 0 Å². The van der Waals surface area contributed by atoms with E-state index in [9.17, 15) is 0 Å². The maximum atomic E-state index is 5.01. The van der Waals surface area contributed by atoms with E-state index < -0.39 is 0 Å². The number of allylic oxidation sites excluding steroid dienone is 1. The minimum atomic E-state index is 0.867. The van der Waals surface area contributed by atoms with E-state index in [1.165, 1.54) is 12.4 Å². The van der Waals surface area contributed by atoms with E-state index in [1.54, 1.807) is 6.08 Å². The van der Waals surface area contributed by atoms with Gasteiger partial charge in [-0.3, -0.25) is 4.99 Å². The Morgan fingerprint density at radius 3 is 2.75 bits per heavy atom. The maximum Gasteiger partial charge on any atom is 0.0425 e. The Hall–Kier alpha value is -1.05. The SMILES string of the molecule is C=C/C(C)=N\C=C/N. The minimum Gasteiger partial charge on any atom is -0.403 e. The molecule has 0 heterocycles. The summed E-state index contributed by atoms with van der Waals surface area (Å²) >= 11 is 0. The molecule has 0 atom stereocenters. The molecule has 44 valence electrons. The second-order valence-corrected chi connectivity index (χ2v) is 1.32. The van der Waals surface area contributed by atoms with Gasteiger partial charge in [0.2, 0.25) is 0 Å². The Kier molecular flexibility index (Phi) is 3.58. The van der Waals surface area contributed by atoms with Gasteiger partial charge < -0.3 is 5.73 Å². The molecule has 0 amide bonds. The van der Waals surface area contributed by atoms with Crippen LogP contribution in [0.4, 0.5) is 0 Å². The molecule has 0 aliphatic heterocycles. The van der Waals surface area contributed by atoms with Crippen LogP contribution in [0, 0.1) is 0 Å². The molecule has 0 bridgehead atoms. The van der Waals surface area contributed by atoms with Gasteiger partial charge in [-0.25, -0.2) is 0 Å². The third kappa shape index (κ3) is 3.15. The van der Waals surface area contributed by atoms with E-state index in [0.29, 0.717) is 0 Å². The molecule has 0 aromatic rings. The Bertz CT molecular complexity index is 122. The average molecular weight is 110 g/mol. The first-order chi connectivity index (χ1) is 3.81. The summed E-state index contributed by atoms with van der Waals surface area (Å²) in [5, 5.41) is 0. The quantitative estimate of drug-likeness (QED) is 0.530. The summed E-state index contributed by atoms with van der Waals surface area (Å²) in [6, 6.07) is 0. The normalized spacial score (nSPS) is 12.4. The van der Waals surface area contributed by atoms with E-state index in [2.05, 4.69) is 11.6 Å². The second-order valence-electron chi connectivity index (χ2n) is 1.32. The van der Waals surface area contributed by atoms with Gasteiger partial charge in [-0.05, 0) is 13.0 Å². The largest absolute Gasteiger partial charge is 0.403 e. The summed E-state index contributed by atoms with van der Waals surface area (Å²) in [6.07, 6.45) is 4.57. The van der Waals surface area contributed by atoms with Gasteiger partial charge in [0.15, 0.2) is 0 Å². The number of nitrogens with two attached hydrogens (primary N) is 1. The van der Waals surface area contributed by atoms with E-state index in [4.69, 9.17) is 5.73 Å². The molecule has 0 aliphatic carbocycles. The van der Waals surface area contributed by atoms with Gasteiger partial charge in [0, 0.05) is 18.1 Å². The van der Waals surface area contributed by atoms with Crippen molar-refractivity contribution in [3.8, 4) is 0 Å². The summed E-state index contributed by atoms with van der Waals surface area (Å²) < 4.78 is 0. The van der Waals surface area contributed by atoms with Crippen molar-refractivity contribution in [1.82, 2.24) is 0 Å². The van der Waals surface area contributed by atoms with E-state index in [0.717, 1.165) is 5.71 Å². The van der Waals surface area contributed by atoms with Gasteiger partial charge in [0.25, 0.3) is 0 Å². The minimum absolute atomic E-state index is 0.867. The number of hydrogen-bond acceptors (Lipinski definition) is 2. The third-order valence-electron chi connectivity index (χ3n) is 0.660. The lowest BCUT2D eigenvalue weighted by Crippen LogP contribution is -1.80. The first-order valence-electron chi connectivity index (χ1n) is 2.35. The summed E-state index contributed by atoms with van der Waals surface area (Å²) in [5.41, 5.74) is 5.88. The number of aliphatic imine (C=N–C) groups is 1. The first-order valence-corrected chi connectivity index (χ1v) is 2.35. The molecule has 2 heteroatoms. The topological polar surface area (TPSA) is 38.4 Å². The molecule has 0 aromatic heterocycles. The van der Waals surface area contributed by atoms with Gasteiger partial charge in [0.05, 0.1) is 0 Å². The average Bonchev–Trinajstić information content (AvgIpc) is 1.83. The lowest BCUT2D eigenvalue weighted by Gasteiger charge is -1.81. The van der Waals surface area contributed by atoms with Crippen LogP contribution in [0.1, 0.15) is 6.92 Å². The smallest absolute Gasteiger partial charge is 0.0425 e. The maximum absolute atomic E-state index is 5.01. The van der Waals surface area contributed by atoms with Crippen LogP contribution < -0.4 is 5.73 Å². The molecular weight excluding hydrogens is 100 g/mol. The monoisotopic (exact) mass is 110 g/mol. The van der Waals surface area contributed by atoms with Crippen LogP contribution in [0.5, 0.6) is 0 Å². The highest BCUT2D eigenvalue weighted by Gasteiger charge is 1.71. The molecule has 2 N–H and O–H groups in total. The lowest BCUT2D eigenvalue weighted by atomic mass is 10.4. The molecule has 2 nitrogen and oxygen atoms in total. The molecule has 0 rings (SSSR count). The van der Waals surface area contributed by atoms with E-state index >= 15 is 0 Å². The van der Waals surface area contributed by atoms with Crippen molar-refractivity contribution >= 4 is 5.71 Å². The van der Waals surface area contributed by atoms with Gasteiger partial charge >= 0.3 is 0 Å². The van der Waals surface area contributed by atoms with Gasteiger partial charge in [-0.15, -0.1) is 0 Å². The van der Waals surface area contributed by atoms with Gasteiger partial charge in [-0.1, -0.05) is 6.58 Å². The standard InChI is InChI=1S/C6H10N2/c1-3-6(2)8-5-4-7/h3-5H,1,7H2,2H3/b5-4-,8-6-. The van der Waals surface area contributed by atoms with Crippen molar-refractivity contribution in [3.05, 3.63) is 25.1 Å². The molecular formula is C6H10N2. The van der Waals surface area contributed by atoms with Crippen LogP contribution in [0.15, 0.2) is 30.0 Å². The number of hydrogen-bond donors (Lipinski definition) is 1. The Morgan fingerprint density at radius 1 is 1.75 bits per heavy atom. The summed E-state index contributed by atoms with van der Waals surface area (Å²) in [6.45, 7) is 5.36. The van der Waals surface area contributed by atoms with Crippen LogP contribution in [-0.2, 0) is 0 Å². The van der Waals surface area contributed by atoms with Crippen molar-refractivity contribution in [2.75, 3.05) is 0 Å². The molecule has 0 spiro atoms. The van der Waals surface area contributed by atoms with Crippen molar-refractivity contribution in [3.63, 3.8) is 0 Å². The zero-order valence-corrected chi connectivity index (χ0v) is 4.96. The lowest BCUT2D eigenvalue weighted by molar-refractivity contribution is 1.47. The highest BCUT2D eigenvalue weighted by Crippen LogP contribution is 1.77. The summed E-state index contributed by atoms with van der Waals surface area (Å²) in [4.78, 5) is 3.85. The van der Waals surface area contributed by atoms with Crippen molar-refractivity contribution < 1.29 is 0 Å². The molecule has 0 fully saturated rings. The molecule has 0 saturated carbocycles. The summed E-state index contributed by atoms with van der Waals surface area (Å²) in [7, 11) is 0. The predicted molar refractivity (Wildman–Crippen MR) is 36.6 cm³/mol. The van der Waals surface area contributed by atoms with Crippen molar-refractivity contribution in [2.45, 2.75) is 6.92 Å². The molecule has 0 aromatic carbocycles. The van der Waals surface area contributed by atoms with Crippen LogP contribution in [-0.4, -0.2) is 5.71 Å². The van der Waals surface area contributed by atoms with E-state index in [-0.39, 0.29) is 0 Å². The molecule has 0 aliphatic rings. The molecule has 0 saturated heterocycles. The zero-order chi connectivity index (χ0) is 6.41. The fourth-order valence-electron chi connectivity index (χ4n) is 0.213. The highest BCUT2D eigenvalue weighted by atomic mass is 14.7. The Balaban J connectivity index is 3.74. The van der Waals surface area contributed by atoms with Crippen molar-refractivity contribution in [1.29, 1.82) is 0 Å². The molecule has 0 radical (unpaired) electrons. The fourth-order valence-corrected chi connectivity index (χ4v) is 0.213. The molecule has 0 unspecified atom stereocenters. The second kappa shape index (κ2) is 4.12. The van der Waals surface area contributed by atoms with Crippen molar-refractivity contribution in [2.24, 2.45) is 10.7 Å². The summed E-state index contributed by atoms with van der Waals surface area (Å²) in [5.74, 6) is 0. The zero-order valence-electron chi connectivity index (χ0n) is 4.96. The van der Waals surface area contributed by atoms with Crippen LogP contribution >= 0.6 is 0 Å². The predicted octanol–water partition coefficient (Wildman–Crippen LogP) is 1.06. The first kappa shape index (κ1) is 6.95. The van der Waals surface area contributed by atoms with Gasteiger partial charge in [-0.2, -0.15) is 0 Å². The van der Waals surface area contributed by atoms with Gasteiger partial charge in [0.1, 0.15) is 0 Å². The van der Waals surface area contributed by atoms with Crippen LogP contribution in [0.3, 0.4) is 0 Å². The number of rotatable bonds is 2. The Morgan fingerprint density at radius 2 is 2.38 bits per heavy atom. The highest BCUT2D eigenvalue weighted by molar-refractivity contribution is 5.92. The third-order valence-corrected chi connectivity index (χ3v) is 0.660. The molecule has 8 heavy (non-hydrogen) atoms. The fraction of sp³-hybridized carbons (Fsp3) is 0.167. The number of nitrogens with zero attached hydrogens (tertiary/aromatic N) is 1. The Labute approximate surface area is 49.4 Å².